The van der Waals surface area contributed by atoms with Crippen LogP contribution < -0.4 is 5.32 Å². The van der Waals surface area contributed by atoms with Gasteiger partial charge >= 0.3 is 0 Å². The molecule has 100 valence electrons. The van der Waals surface area contributed by atoms with Gasteiger partial charge in [-0.1, -0.05) is 17.7 Å². The van der Waals surface area contributed by atoms with E-state index in [0.29, 0.717) is 24.5 Å². The fourth-order valence-corrected chi connectivity index (χ4v) is 4.20. The van der Waals surface area contributed by atoms with E-state index < -0.39 is 9.84 Å². The summed E-state index contributed by atoms with van der Waals surface area (Å²) in [5, 5.41) is 3.56. The van der Waals surface area contributed by atoms with Crippen LogP contribution in [0.5, 0.6) is 0 Å². The zero-order valence-electron chi connectivity index (χ0n) is 9.83. The maximum absolute atomic E-state index is 12.8. The average Bonchev–Trinajstić information content (AvgIpc) is 2.61. The van der Waals surface area contributed by atoms with Gasteiger partial charge in [0.25, 0.3) is 0 Å². The van der Waals surface area contributed by atoms with Crippen molar-refractivity contribution < 1.29 is 12.8 Å². The van der Waals surface area contributed by atoms with E-state index in [1.807, 2.05) is 0 Å². The summed E-state index contributed by atoms with van der Waals surface area (Å²) in [6, 6.07) is 4.28. The monoisotopic (exact) mass is 291 g/mol. The van der Waals surface area contributed by atoms with Crippen LogP contribution in [0.2, 0.25) is 5.02 Å². The molecule has 18 heavy (non-hydrogen) atoms. The van der Waals surface area contributed by atoms with Crippen molar-refractivity contribution in [2.75, 3.05) is 18.1 Å². The first-order valence-corrected chi connectivity index (χ1v) is 8.01. The van der Waals surface area contributed by atoms with Crippen LogP contribution in [-0.2, 0) is 16.4 Å². The predicted molar refractivity (Wildman–Crippen MR) is 69.9 cm³/mol. The van der Waals surface area contributed by atoms with Crippen molar-refractivity contribution in [2.45, 2.75) is 13.0 Å². The Labute approximate surface area is 111 Å². The summed E-state index contributed by atoms with van der Waals surface area (Å²) >= 11 is 5.89. The van der Waals surface area contributed by atoms with Gasteiger partial charge in [0.15, 0.2) is 9.84 Å². The molecule has 0 aliphatic carbocycles. The van der Waals surface area contributed by atoms with Crippen LogP contribution in [0.3, 0.4) is 0 Å². The van der Waals surface area contributed by atoms with Crippen molar-refractivity contribution in [3.63, 3.8) is 0 Å². The van der Waals surface area contributed by atoms with Crippen LogP contribution in [-0.4, -0.2) is 26.5 Å². The number of hydrogen-bond acceptors (Lipinski definition) is 3. The second-order valence-corrected chi connectivity index (χ2v) is 7.27. The van der Waals surface area contributed by atoms with Crippen LogP contribution in [0.4, 0.5) is 4.39 Å². The number of rotatable bonds is 4. The summed E-state index contributed by atoms with van der Waals surface area (Å²) in [6.07, 6.45) is 0.715. The van der Waals surface area contributed by atoms with Crippen molar-refractivity contribution in [2.24, 2.45) is 5.92 Å². The molecule has 1 atom stereocenters. The van der Waals surface area contributed by atoms with Gasteiger partial charge in [-0.3, -0.25) is 0 Å². The van der Waals surface area contributed by atoms with Crippen molar-refractivity contribution >= 4 is 21.4 Å². The van der Waals surface area contributed by atoms with Crippen LogP contribution >= 0.6 is 11.6 Å². The van der Waals surface area contributed by atoms with E-state index in [9.17, 15) is 12.8 Å². The van der Waals surface area contributed by atoms with Gasteiger partial charge in [0.05, 0.1) is 11.5 Å². The topological polar surface area (TPSA) is 46.2 Å². The van der Waals surface area contributed by atoms with Gasteiger partial charge in [-0.25, -0.2) is 12.8 Å². The van der Waals surface area contributed by atoms with Gasteiger partial charge in [-0.2, -0.15) is 0 Å². The highest BCUT2D eigenvalue weighted by Gasteiger charge is 2.27. The second kappa shape index (κ2) is 5.55. The van der Waals surface area contributed by atoms with E-state index in [2.05, 4.69) is 5.32 Å². The van der Waals surface area contributed by atoms with Gasteiger partial charge in [-0.05, 0) is 36.6 Å². The Bertz CT molecular complexity index is 533. The smallest absolute Gasteiger partial charge is 0.150 e. The first-order chi connectivity index (χ1) is 8.46. The minimum absolute atomic E-state index is 0.175. The Morgan fingerprint density at radius 2 is 2.22 bits per heavy atom. The lowest BCUT2D eigenvalue weighted by Gasteiger charge is -2.10. The molecular weight excluding hydrogens is 277 g/mol. The quantitative estimate of drug-likeness (QED) is 0.923. The van der Waals surface area contributed by atoms with E-state index in [1.54, 1.807) is 6.07 Å². The average molecular weight is 292 g/mol. The van der Waals surface area contributed by atoms with Gasteiger partial charge in [-0.15, -0.1) is 0 Å². The Hall–Kier alpha value is -0.650. The number of nitrogens with one attached hydrogen (secondary N) is 1. The molecule has 1 saturated heterocycles. The van der Waals surface area contributed by atoms with Crippen LogP contribution in [0.15, 0.2) is 18.2 Å². The van der Waals surface area contributed by atoms with Crippen LogP contribution in [0.25, 0.3) is 0 Å². The maximum atomic E-state index is 12.8. The standard InChI is InChI=1S/C12H15ClFNO2S/c13-12-5-11(14)2-1-10(12)7-15-6-9-3-4-18(16,17)8-9/h1-2,5,9,15H,3-4,6-8H2. The molecular formula is C12H15ClFNO2S. The van der Waals surface area contributed by atoms with E-state index >= 15 is 0 Å². The lowest BCUT2D eigenvalue weighted by atomic mass is 10.1. The molecule has 6 heteroatoms. The maximum Gasteiger partial charge on any atom is 0.150 e. The summed E-state index contributed by atoms with van der Waals surface area (Å²) in [4.78, 5) is 0. The van der Waals surface area contributed by atoms with Crippen molar-refractivity contribution in [3.8, 4) is 0 Å². The number of hydrogen-bond donors (Lipinski definition) is 1. The van der Waals surface area contributed by atoms with E-state index in [-0.39, 0.29) is 23.2 Å². The highest BCUT2D eigenvalue weighted by Crippen LogP contribution is 2.19. The van der Waals surface area contributed by atoms with Gasteiger partial charge < -0.3 is 5.32 Å². The molecule has 1 unspecified atom stereocenters. The first kappa shape index (κ1) is 13.8. The van der Waals surface area contributed by atoms with Crippen molar-refractivity contribution in [3.05, 3.63) is 34.6 Å². The minimum Gasteiger partial charge on any atom is -0.312 e. The molecule has 0 spiro atoms. The zero-order valence-corrected chi connectivity index (χ0v) is 11.4. The van der Waals surface area contributed by atoms with Gasteiger partial charge in [0, 0.05) is 11.6 Å². The fraction of sp³-hybridized carbons (Fsp3) is 0.500. The Balaban J connectivity index is 1.82. The molecule has 2 rings (SSSR count). The van der Waals surface area contributed by atoms with Crippen molar-refractivity contribution in [1.29, 1.82) is 0 Å². The molecule has 1 aliphatic rings. The molecule has 1 aromatic carbocycles. The molecule has 1 aromatic rings. The second-order valence-electron chi connectivity index (χ2n) is 4.64. The SMILES string of the molecule is O=S1(=O)CCC(CNCc2ccc(F)cc2Cl)C1. The van der Waals surface area contributed by atoms with Gasteiger partial charge in [0.2, 0.25) is 0 Å². The first-order valence-electron chi connectivity index (χ1n) is 5.81. The summed E-state index contributed by atoms with van der Waals surface area (Å²) in [7, 11) is -2.82. The zero-order chi connectivity index (χ0) is 13.2. The molecule has 0 saturated carbocycles. The van der Waals surface area contributed by atoms with E-state index in [4.69, 9.17) is 11.6 Å². The number of benzene rings is 1. The fourth-order valence-electron chi connectivity index (χ4n) is 2.11. The number of halogens is 2. The lowest BCUT2D eigenvalue weighted by molar-refractivity contribution is 0.520. The van der Waals surface area contributed by atoms with E-state index in [0.717, 1.165) is 5.56 Å². The predicted octanol–water partition coefficient (Wildman–Crippen LogP) is 2.00. The molecule has 1 aliphatic heterocycles. The molecule has 0 bridgehead atoms. The normalized spacial score (nSPS) is 22.2. The largest absolute Gasteiger partial charge is 0.312 e. The Kier molecular flexibility index (Phi) is 4.25. The lowest BCUT2D eigenvalue weighted by Crippen LogP contribution is -2.23. The van der Waals surface area contributed by atoms with Crippen LogP contribution in [0, 0.1) is 11.7 Å². The molecule has 1 N–H and O–H groups in total. The molecule has 0 amide bonds. The Morgan fingerprint density at radius 1 is 1.44 bits per heavy atom. The summed E-state index contributed by atoms with van der Waals surface area (Å²) in [5.41, 5.74) is 0.818. The molecule has 3 nitrogen and oxygen atoms in total. The van der Waals surface area contributed by atoms with Gasteiger partial charge in [0.1, 0.15) is 5.82 Å². The highest BCUT2D eigenvalue weighted by molar-refractivity contribution is 7.91. The minimum atomic E-state index is -2.82. The molecule has 0 aromatic heterocycles. The summed E-state index contributed by atoms with van der Waals surface area (Å²) < 4.78 is 35.4. The number of sulfone groups is 1. The molecule has 1 heterocycles. The summed E-state index contributed by atoms with van der Waals surface area (Å²) in [6.45, 7) is 1.17. The molecule has 0 radical (unpaired) electrons. The van der Waals surface area contributed by atoms with Crippen molar-refractivity contribution in [1.82, 2.24) is 5.32 Å². The third kappa shape index (κ3) is 3.67. The summed E-state index contributed by atoms with van der Waals surface area (Å²) in [5.74, 6) is 0.369. The van der Waals surface area contributed by atoms with Crippen LogP contribution in [0.1, 0.15) is 12.0 Å². The molecule has 1 fully saturated rings. The Morgan fingerprint density at radius 3 is 2.83 bits per heavy atom. The highest BCUT2D eigenvalue weighted by atomic mass is 35.5. The van der Waals surface area contributed by atoms with E-state index in [1.165, 1.54) is 12.1 Å². The third-order valence-corrected chi connectivity index (χ3v) is 5.28. The third-order valence-electron chi connectivity index (χ3n) is 3.09.